The third kappa shape index (κ3) is 4.18. The van der Waals surface area contributed by atoms with Crippen molar-refractivity contribution >= 4 is 23.4 Å². The van der Waals surface area contributed by atoms with Gasteiger partial charge in [-0.2, -0.15) is 0 Å². The van der Waals surface area contributed by atoms with Gasteiger partial charge >= 0.3 is 0 Å². The largest absolute Gasteiger partial charge is 0.497 e. The average molecular weight is 420 g/mol. The molecular formula is C23H18ClN3O3. The summed E-state index contributed by atoms with van der Waals surface area (Å²) in [5.74, 6) is 0.751. The molecule has 7 heteroatoms. The fourth-order valence-corrected chi connectivity index (χ4v) is 3.30. The van der Waals surface area contributed by atoms with E-state index in [4.69, 9.17) is 20.9 Å². The van der Waals surface area contributed by atoms with E-state index in [2.05, 4.69) is 15.5 Å². The molecule has 0 saturated heterocycles. The lowest BCUT2D eigenvalue weighted by Gasteiger charge is -2.07. The highest BCUT2D eigenvalue weighted by atomic mass is 35.5. The Morgan fingerprint density at radius 1 is 1.03 bits per heavy atom. The highest BCUT2D eigenvalue weighted by Crippen LogP contribution is 2.38. The molecular weight excluding hydrogens is 402 g/mol. The summed E-state index contributed by atoms with van der Waals surface area (Å²) in [7, 11) is 1.61. The number of hydrogen-bond acceptors (Lipinski definition) is 5. The van der Waals surface area contributed by atoms with E-state index < -0.39 is 0 Å². The van der Waals surface area contributed by atoms with Crippen molar-refractivity contribution < 1.29 is 14.1 Å². The molecule has 0 radical (unpaired) electrons. The summed E-state index contributed by atoms with van der Waals surface area (Å²) in [4.78, 5) is 16.7. The Morgan fingerprint density at radius 2 is 1.77 bits per heavy atom. The molecule has 0 unspecified atom stereocenters. The molecule has 30 heavy (non-hydrogen) atoms. The van der Waals surface area contributed by atoms with Crippen LogP contribution in [0.15, 0.2) is 77.6 Å². The highest BCUT2D eigenvalue weighted by Gasteiger charge is 2.21. The summed E-state index contributed by atoms with van der Waals surface area (Å²) in [5.41, 5.74) is 3.67. The van der Waals surface area contributed by atoms with E-state index in [1.165, 1.54) is 0 Å². The van der Waals surface area contributed by atoms with E-state index in [9.17, 15) is 4.79 Å². The zero-order valence-electron chi connectivity index (χ0n) is 16.1. The summed E-state index contributed by atoms with van der Waals surface area (Å²) in [6, 6.07) is 18.4. The molecule has 1 amide bonds. The lowest BCUT2D eigenvalue weighted by molar-refractivity contribution is -0.115. The van der Waals surface area contributed by atoms with Crippen molar-refractivity contribution in [3.05, 3.63) is 83.6 Å². The number of rotatable bonds is 6. The second-order valence-electron chi connectivity index (χ2n) is 6.52. The molecule has 2 aromatic heterocycles. The van der Waals surface area contributed by atoms with Crippen LogP contribution in [0, 0.1) is 0 Å². The molecule has 0 aliphatic rings. The monoisotopic (exact) mass is 419 g/mol. The normalized spacial score (nSPS) is 10.6. The van der Waals surface area contributed by atoms with E-state index in [0.29, 0.717) is 16.3 Å². The summed E-state index contributed by atoms with van der Waals surface area (Å²) >= 11 is 6.17. The Kier molecular flexibility index (Phi) is 5.77. The SMILES string of the molecule is COc1ccc(-c2noc(NC(=O)Cc3ccccc3Cl)c2-c2ccncc2)cc1. The van der Waals surface area contributed by atoms with Gasteiger partial charge in [0.2, 0.25) is 11.8 Å². The Morgan fingerprint density at radius 3 is 2.47 bits per heavy atom. The van der Waals surface area contributed by atoms with E-state index in [1.54, 1.807) is 25.6 Å². The number of nitrogens with one attached hydrogen (secondary N) is 1. The predicted molar refractivity (Wildman–Crippen MR) is 116 cm³/mol. The first-order valence-corrected chi connectivity index (χ1v) is 9.61. The zero-order chi connectivity index (χ0) is 20.9. The highest BCUT2D eigenvalue weighted by molar-refractivity contribution is 6.31. The summed E-state index contributed by atoms with van der Waals surface area (Å²) in [6.07, 6.45) is 3.47. The maximum Gasteiger partial charge on any atom is 0.239 e. The van der Waals surface area contributed by atoms with Crippen LogP contribution in [-0.2, 0) is 11.2 Å². The quantitative estimate of drug-likeness (QED) is 0.462. The summed E-state index contributed by atoms with van der Waals surface area (Å²) in [6.45, 7) is 0. The van der Waals surface area contributed by atoms with E-state index in [-0.39, 0.29) is 18.2 Å². The molecule has 4 aromatic rings. The van der Waals surface area contributed by atoms with Crippen molar-refractivity contribution in [2.45, 2.75) is 6.42 Å². The van der Waals surface area contributed by atoms with E-state index in [0.717, 1.165) is 22.4 Å². The molecule has 6 nitrogen and oxygen atoms in total. The Labute approximate surface area is 178 Å². The van der Waals surface area contributed by atoms with Crippen LogP contribution >= 0.6 is 11.6 Å². The average Bonchev–Trinajstić information content (AvgIpc) is 3.19. The molecule has 2 aromatic carbocycles. The number of halogens is 1. The van der Waals surface area contributed by atoms with Gasteiger partial charge in [0.15, 0.2) is 0 Å². The van der Waals surface area contributed by atoms with Crippen molar-refractivity contribution in [3.63, 3.8) is 0 Å². The van der Waals surface area contributed by atoms with E-state index >= 15 is 0 Å². The van der Waals surface area contributed by atoms with Crippen molar-refractivity contribution in [3.8, 4) is 28.1 Å². The third-order valence-corrected chi connectivity index (χ3v) is 4.96. The lowest BCUT2D eigenvalue weighted by atomic mass is 10.0. The summed E-state index contributed by atoms with van der Waals surface area (Å²) < 4.78 is 10.8. The number of aromatic nitrogens is 2. The van der Waals surface area contributed by atoms with Crippen LogP contribution in [0.3, 0.4) is 0 Å². The van der Waals surface area contributed by atoms with Gasteiger partial charge < -0.3 is 9.26 Å². The van der Waals surface area contributed by atoms with Crippen molar-refractivity contribution in [2.24, 2.45) is 0 Å². The third-order valence-electron chi connectivity index (χ3n) is 4.59. The van der Waals surface area contributed by atoms with Crippen molar-refractivity contribution in [2.75, 3.05) is 12.4 Å². The molecule has 0 aliphatic heterocycles. The molecule has 0 fully saturated rings. The van der Waals surface area contributed by atoms with Crippen molar-refractivity contribution in [1.82, 2.24) is 10.1 Å². The molecule has 0 aliphatic carbocycles. The number of carbonyl (C=O) groups is 1. The van der Waals surface area contributed by atoms with Gasteiger partial charge in [-0.1, -0.05) is 35.0 Å². The van der Waals surface area contributed by atoms with Gasteiger partial charge in [-0.3, -0.25) is 15.1 Å². The van der Waals surface area contributed by atoms with Crippen LogP contribution in [0.4, 0.5) is 5.88 Å². The van der Waals surface area contributed by atoms with Gasteiger partial charge in [-0.25, -0.2) is 0 Å². The first-order valence-electron chi connectivity index (χ1n) is 9.23. The molecule has 1 N–H and O–H groups in total. The maximum absolute atomic E-state index is 12.7. The smallest absolute Gasteiger partial charge is 0.239 e. The topological polar surface area (TPSA) is 77.3 Å². The van der Waals surface area contributed by atoms with Crippen molar-refractivity contribution in [1.29, 1.82) is 0 Å². The van der Waals surface area contributed by atoms with Crippen LogP contribution in [-0.4, -0.2) is 23.2 Å². The van der Waals surface area contributed by atoms with Crippen LogP contribution in [0.5, 0.6) is 5.75 Å². The number of nitrogens with zero attached hydrogens (tertiary/aromatic N) is 2. The first kappa shape index (κ1) is 19.7. The predicted octanol–water partition coefficient (Wildman–Crippen LogP) is 5.25. The standard InChI is InChI=1S/C23H18ClN3O3/c1-29-18-8-6-16(7-9-18)22-21(15-10-12-25-13-11-15)23(30-27-22)26-20(28)14-17-4-2-3-5-19(17)24/h2-13H,14H2,1H3,(H,26,28). The van der Waals surface area contributed by atoms with Crippen LogP contribution in [0.25, 0.3) is 22.4 Å². The maximum atomic E-state index is 12.7. The van der Waals surface area contributed by atoms with Gasteiger partial charge in [0, 0.05) is 23.0 Å². The van der Waals surface area contributed by atoms with Crippen LogP contribution < -0.4 is 10.1 Å². The van der Waals surface area contributed by atoms with Crippen LogP contribution in [0.1, 0.15) is 5.56 Å². The molecule has 0 atom stereocenters. The molecule has 0 saturated carbocycles. The second kappa shape index (κ2) is 8.80. The number of ether oxygens (including phenoxy) is 1. The first-order chi connectivity index (χ1) is 14.7. The number of hydrogen-bond donors (Lipinski definition) is 1. The second-order valence-corrected chi connectivity index (χ2v) is 6.92. The number of carbonyl (C=O) groups excluding carboxylic acids is 1. The fraction of sp³-hybridized carbons (Fsp3) is 0.0870. The molecule has 150 valence electrons. The number of benzene rings is 2. The molecule has 0 spiro atoms. The van der Waals surface area contributed by atoms with Crippen LogP contribution in [0.2, 0.25) is 5.02 Å². The Hall–Kier alpha value is -3.64. The zero-order valence-corrected chi connectivity index (χ0v) is 16.9. The van der Waals surface area contributed by atoms with E-state index in [1.807, 2.05) is 54.6 Å². The van der Waals surface area contributed by atoms with Gasteiger partial charge in [0.05, 0.1) is 19.1 Å². The van der Waals surface area contributed by atoms with Gasteiger partial charge in [0.25, 0.3) is 0 Å². The number of pyridine rings is 1. The number of anilines is 1. The molecule has 0 bridgehead atoms. The minimum atomic E-state index is -0.254. The Bertz CT molecular complexity index is 1160. The van der Waals surface area contributed by atoms with Gasteiger partial charge in [-0.15, -0.1) is 0 Å². The minimum Gasteiger partial charge on any atom is -0.497 e. The number of amides is 1. The fourth-order valence-electron chi connectivity index (χ4n) is 3.09. The van der Waals surface area contributed by atoms with Gasteiger partial charge in [-0.05, 0) is 53.6 Å². The Balaban J connectivity index is 1.68. The lowest BCUT2D eigenvalue weighted by Crippen LogP contribution is -2.14. The summed E-state index contributed by atoms with van der Waals surface area (Å²) in [5, 5.41) is 7.58. The molecule has 4 rings (SSSR count). The van der Waals surface area contributed by atoms with Gasteiger partial charge in [0.1, 0.15) is 11.4 Å². The number of methoxy groups -OCH3 is 1. The molecule has 2 heterocycles. The minimum absolute atomic E-state index is 0.119.